The van der Waals surface area contributed by atoms with Gasteiger partial charge in [-0.25, -0.2) is 4.90 Å². The lowest BCUT2D eigenvalue weighted by Gasteiger charge is -2.27. The van der Waals surface area contributed by atoms with Gasteiger partial charge in [-0.05, 0) is 30.7 Å². The minimum Gasteiger partial charge on any atom is -0.495 e. The van der Waals surface area contributed by atoms with Gasteiger partial charge in [0.25, 0.3) is 0 Å². The zero-order valence-electron chi connectivity index (χ0n) is 19.4. The number of amides is 2. The van der Waals surface area contributed by atoms with Crippen LogP contribution in [0.2, 0.25) is 5.02 Å². The Balaban J connectivity index is 1.57. The highest BCUT2D eigenvalue weighted by molar-refractivity contribution is 6.37. The predicted molar refractivity (Wildman–Crippen MR) is 130 cm³/mol. The summed E-state index contributed by atoms with van der Waals surface area (Å²) in [6, 6.07) is 18.3. The maximum absolute atomic E-state index is 14.0. The number of hydrogen-bond acceptors (Lipinski definition) is 6. The number of carbonyl (C=O) groups is 4. The van der Waals surface area contributed by atoms with Gasteiger partial charge >= 0.3 is 0 Å². The van der Waals surface area contributed by atoms with Crippen LogP contribution in [-0.2, 0) is 14.3 Å². The first-order chi connectivity index (χ1) is 17.3. The summed E-state index contributed by atoms with van der Waals surface area (Å²) in [4.78, 5) is 56.6. The number of ketones is 2. The minimum atomic E-state index is -2.13. The molecule has 3 aromatic carbocycles. The molecule has 0 saturated carbocycles. The number of hydrogen-bond donors (Lipinski definition) is 0. The van der Waals surface area contributed by atoms with E-state index in [4.69, 9.17) is 21.1 Å². The first-order valence-corrected chi connectivity index (χ1v) is 11.8. The molecule has 3 atom stereocenters. The molecule has 36 heavy (non-hydrogen) atoms. The highest BCUT2D eigenvalue weighted by atomic mass is 35.5. The summed E-state index contributed by atoms with van der Waals surface area (Å²) in [7, 11) is 1.42. The second-order valence-corrected chi connectivity index (χ2v) is 9.66. The molecule has 2 heterocycles. The van der Waals surface area contributed by atoms with E-state index in [1.54, 1.807) is 48.5 Å². The molecule has 0 unspecified atom stereocenters. The number of nitrogens with zero attached hydrogens (tertiary/aromatic N) is 1. The standard InChI is InChI=1S/C28H20ClNO6/c1-14-6-5-7-15(12-14)23-21-22(28(36-23)24(31)17-8-3-4-9-18(17)25(28)32)27(34)30(26(21)33)19-13-16(29)10-11-20(19)35-2/h3-13,21-23H,1-2H3/t21-,22+,23+/m0/s1. The van der Waals surface area contributed by atoms with E-state index in [9.17, 15) is 19.2 Å². The molecule has 2 amide bonds. The molecule has 2 fully saturated rings. The Bertz CT molecular complexity index is 1460. The van der Waals surface area contributed by atoms with Gasteiger partial charge in [-0.2, -0.15) is 0 Å². The largest absolute Gasteiger partial charge is 0.495 e. The van der Waals surface area contributed by atoms with Crippen LogP contribution in [0.1, 0.15) is 37.9 Å². The van der Waals surface area contributed by atoms with Crippen molar-refractivity contribution >= 4 is 40.7 Å². The van der Waals surface area contributed by atoms with Crippen molar-refractivity contribution in [3.05, 3.63) is 94.0 Å². The number of benzene rings is 3. The monoisotopic (exact) mass is 501 g/mol. The van der Waals surface area contributed by atoms with Crippen molar-refractivity contribution in [1.29, 1.82) is 0 Å². The lowest BCUT2D eigenvalue weighted by molar-refractivity contribution is -0.127. The van der Waals surface area contributed by atoms with Crippen molar-refractivity contribution in [3.8, 4) is 5.75 Å². The number of methoxy groups -OCH3 is 1. The van der Waals surface area contributed by atoms with Crippen molar-refractivity contribution in [2.45, 2.75) is 18.6 Å². The van der Waals surface area contributed by atoms with Crippen LogP contribution in [0, 0.1) is 18.8 Å². The summed E-state index contributed by atoms with van der Waals surface area (Å²) in [5, 5.41) is 0.296. The van der Waals surface area contributed by atoms with E-state index >= 15 is 0 Å². The summed E-state index contributed by atoms with van der Waals surface area (Å²) in [5.41, 5.74) is -0.0836. The number of fused-ring (bicyclic) bond motifs is 3. The van der Waals surface area contributed by atoms with Crippen LogP contribution in [0.4, 0.5) is 5.69 Å². The van der Waals surface area contributed by atoms with E-state index in [0.29, 0.717) is 10.6 Å². The highest BCUT2D eigenvalue weighted by Gasteiger charge is 2.74. The van der Waals surface area contributed by atoms with Crippen LogP contribution in [0.3, 0.4) is 0 Å². The van der Waals surface area contributed by atoms with E-state index in [2.05, 4.69) is 0 Å². The number of Topliss-reactive ketones (excluding diaryl/α,β-unsaturated/α-hetero) is 2. The summed E-state index contributed by atoms with van der Waals surface area (Å²) in [6.45, 7) is 1.89. The molecule has 1 aliphatic carbocycles. The van der Waals surface area contributed by atoms with Crippen LogP contribution < -0.4 is 9.64 Å². The number of aryl methyl sites for hydroxylation is 1. The molecular weight excluding hydrogens is 482 g/mol. The fraction of sp³-hybridized carbons (Fsp3) is 0.214. The molecule has 3 aromatic rings. The van der Waals surface area contributed by atoms with Crippen molar-refractivity contribution in [3.63, 3.8) is 0 Å². The van der Waals surface area contributed by atoms with Gasteiger partial charge in [0.2, 0.25) is 29.0 Å². The molecule has 0 N–H and O–H groups in total. The van der Waals surface area contributed by atoms with Crippen LogP contribution >= 0.6 is 11.6 Å². The van der Waals surface area contributed by atoms with Crippen LogP contribution in [0.5, 0.6) is 5.75 Å². The van der Waals surface area contributed by atoms with Gasteiger partial charge in [-0.1, -0.05) is 65.7 Å². The average Bonchev–Trinajstić information content (AvgIpc) is 3.44. The quantitative estimate of drug-likeness (QED) is 0.391. The third-order valence-electron chi connectivity index (χ3n) is 7.27. The van der Waals surface area contributed by atoms with E-state index in [1.807, 2.05) is 19.1 Å². The number of anilines is 1. The Hall–Kier alpha value is -3.81. The molecule has 0 radical (unpaired) electrons. The third kappa shape index (κ3) is 2.84. The molecule has 8 heteroatoms. The molecule has 180 valence electrons. The topological polar surface area (TPSA) is 90.0 Å². The number of imide groups is 1. The smallest absolute Gasteiger partial charge is 0.241 e. The Labute approximate surface area is 211 Å². The number of ether oxygens (including phenoxy) is 2. The predicted octanol–water partition coefficient (Wildman–Crippen LogP) is 4.35. The zero-order valence-corrected chi connectivity index (χ0v) is 20.1. The number of rotatable bonds is 3. The Morgan fingerprint density at radius 3 is 2.22 bits per heavy atom. The molecule has 7 nitrogen and oxygen atoms in total. The third-order valence-corrected chi connectivity index (χ3v) is 7.51. The maximum atomic E-state index is 14.0. The average molecular weight is 502 g/mol. The second-order valence-electron chi connectivity index (χ2n) is 9.22. The van der Waals surface area contributed by atoms with Crippen molar-refractivity contribution in [2.24, 2.45) is 11.8 Å². The van der Waals surface area contributed by atoms with Crippen molar-refractivity contribution in [1.82, 2.24) is 0 Å². The van der Waals surface area contributed by atoms with Gasteiger partial charge < -0.3 is 9.47 Å². The molecule has 0 aromatic heterocycles. The van der Waals surface area contributed by atoms with Crippen molar-refractivity contribution < 1.29 is 28.7 Å². The van der Waals surface area contributed by atoms with Crippen LogP contribution in [0.25, 0.3) is 0 Å². The van der Waals surface area contributed by atoms with Crippen LogP contribution in [-0.4, -0.2) is 36.1 Å². The van der Waals surface area contributed by atoms with E-state index in [0.717, 1.165) is 10.5 Å². The Morgan fingerprint density at radius 2 is 1.58 bits per heavy atom. The molecule has 2 aliphatic heterocycles. The SMILES string of the molecule is COc1ccc(Cl)cc1N1C(=O)[C@@H]2[C@@H](c3cccc(C)c3)OC3(C(=O)c4ccccc4C3=O)[C@H]2C1=O. The second kappa shape index (κ2) is 7.85. The lowest BCUT2D eigenvalue weighted by atomic mass is 9.77. The van der Waals surface area contributed by atoms with Gasteiger partial charge in [0.1, 0.15) is 5.75 Å². The Morgan fingerprint density at radius 1 is 0.889 bits per heavy atom. The molecular formula is C28H20ClNO6. The van der Waals surface area contributed by atoms with Gasteiger partial charge in [0.15, 0.2) is 0 Å². The minimum absolute atomic E-state index is 0.156. The molecule has 3 aliphatic rings. The summed E-state index contributed by atoms with van der Waals surface area (Å²) >= 11 is 6.20. The fourth-order valence-corrected chi connectivity index (χ4v) is 5.91. The van der Waals surface area contributed by atoms with E-state index in [1.165, 1.54) is 13.2 Å². The first kappa shape index (κ1) is 22.6. The van der Waals surface area contributed by atoms with Crippen molar-refractivity contribution in [2.75, 3.05) is 12.0 Å². The van der Waals surface area contributed by atoms with Gasteiger partial charge in [0.05, 0.1) is 30.7 Å². The molecule has 1 spiro atoms. The highest BCUT2D eigenvalue weighted by Crippen LogP contribution is 2.58. The summed E-state index contributed by atoms with van der Waals surface area (Å²) in [5.74, 6) is -4.66. The first-order valence-electron chi connectivity index (χ1n) is 11.4. The van der Waals surface area contributed by atoms with Gasteiger partial charge in [-0.15, -0.1) is 0 Å². The van der Waals surface area contributed by atoms with E-state index in [-0.39, 0.29) is 22.6 Å². The molecule has 0 bridgehead atoms. The zero-order chi connectivity index (χ0) is 25.4. The Kier molecular flexibility index (Phi) is 4.94. The molecule has 6 rings (SSSR count). The van der Waals surface area contributed by atoms with Crippen LogP contribution in [0.15, 0.2) is 66.7 Å². The fourth-order valence-electron chi connectivity index (χ4n) is 5.74. The van der Waals surface area contributed by atoms with E-state index < -0.39 is 46.9 Å². The number of carbonyl (C=O) groups excluding carboxylic acids is 4. The lowest BCUT2D eigenvalue weighted by Crippen LogP contribution is -2.51. The van der Waals surface area contributed by atoms with Gasteiger partial charge in [-0.3, -0.25) is 19.2 Å². The number of halogens is 1. The normalized spacial score (nSPS) is 24.0. The summed E-state index contributed by atoms with van der Waals surface area (Å²) < 4.78 is 11.7. The molecule has 2 saturated heterocycles. The maximum Gasteiger partial charge on any atom is 0.241 e. The summed E-state index contributed by atoms with van der Waals surface area (Å²) in [6.07, 6.45) is -0.983. The van der Waals surface area contributed by atoms with Gasteiger partial charge in [0, 0.05) is 16.1 Å².